The zero-order valence-corrected chi connectivity index (χ0v) is 15.0. The molecule has 7 heteroatoms. The number of benzene rings is 2. The molecule has 0 spiro atoms. The van der Waals surface area contributed by atoms with E-state index in [9.17, 15) is 4.79 Å². The number of anilines is 2. The molecule has 1 aliphatic rings. The Balaban J connectivity index is 1.36. The van der Waals surface area contributed by atoms with Gasteiger partial charge in [0.25, 0.3) is 5.91 Å². The summed E-state index contributed by atoms with van der Waals surface area (Å²) in [4.78, 5) is 16.6. The number of nitrogens with zero attached hydrogens (tertiary/aromatic N) is 1. The molecule has 6 nitrogen and oxygen atoms in total. The maximum Gasteiger partial charge on any atom is 0.253 e. The molecule has 1 amide bonds. The number of carbonyl (C=O) groups is 1. The molecule has 2 N–H and O–H groups in total. The number of ether oxygens (including phenoxy) is 2. The SMILES string of the molecule is O=C(NCc1ccc2c(c1)OCO2)c1ccc(Nc2cccc(Cl)c2)nc1. The highest BCUT2D eigenvalue weighted by Crippen LogP contribution is 2.32. The van der Waals surface area contributed by atoms with Crippen LogP contribution in [0.25, 0.3) is 0 Å². The van der Waals surface area contributed by atoms with Gasteiger partial charge >= 0.3 is 0 Å². The molecule has 0 atom stereocenters. The lowest BCUT2D eigenvalue weighted by atomic mass is 10.2. The van der Waals surface area contributed by atoms with Crippen molar-refractivity contribution in [2.75, 3.05) is 12.1 Å². The minimum absolute atomic E-state index is 0.200. The summed E-state index contributed by atoms with van der Waals surface area (Å²) >= 11 is 5.97. The van der Waals surface area contributed by atoms with Gasteiger partial charge in [-0.15, -0.1) is 0 Å². The largest absolute Gasteiger partial charge is 0.454 e. The van der Waals surface area contributed by atoms with Gasteiger partial charge in [0.15, 0.2) is 11.5 Å². The summed E-state index contributed by atoms with van der Waals surface area (Å²) < 4.78 is 10.6. The smallest absolute Gasteiger partial charge is 0.253 e. The second kappa shape index (κ2) is 7.55. The number of nitrogens with one attached hydrogen (secondary N) is 2. The van der Waals surface area contributed by atoms with Crippen molar-refractivity contribution in [1.29, 1.82) is 0 Å². The third-order valence-corrected chi connectivity index (χ3v) is 4.25. The van der Waals surface area contributed by atoms with E-state index in [-0.39, 0.29) is 12.7 Å². The minimum atomic E-state index is -0.200. The number of rotatable bonds is 5. The molecular weight excluding hydrogens is 366 g/mol. The second-order valence-electron chi connectivity index (χ2n) is 5.94. The van der Waals surface area contributed by atoms with Crippen LogP contribution in [0.3, 0.4) is 0 Å². The first-order valence-corrected chi connectivity index (χ1v) is 8.70. The minimum Gasteiger partial charge on any atom is -0.454 e. The van der Waals surface area contributed by atoms with Crippen LogP contribution < -0.4 is 20.1 Å². The van der Waals surface area contributed by atoms with Crippen molar-refractivity contribution in [3.63, 3.8) is 0 Å². The van der Waals surface area contributed by atoms with E-state index in [1.54, 1.807) is 24.3 Å². The molecule has 4 rings (SSSR count). The zero-order valence-electron chi connectivity index (χ0n) is 14.2. The Hall–Kier alpha value is -3.25. The Morgan fingerprint density at radius 1 is 1.07 bits per heavy atom. The third kappa shape index (κ3) is 4.12. The van der Waals surface area contributed by atoms with Gasteiger partial charge in [0.1, 0.15) is 5.82 Å². The number of carbonyl (C=O) groups excluding carboxylic acids is 1. The summed E-state index contributed by atoms with van der Waals surface area (Å²) in [6.45, 7) is 0.615. The van der Waals surface area contributed by atoms with Crippen LogP contribution in [0, 0.1) is 0 Å². The van der Waals surface area contributed by atoms with Crippen LogP contribution >= 0.6 is 11.6 Å². The lowest BCUT2D eigenvalue weighted by Gasteiger charge is -2.08. The van der Waals surface area contributed by atoms with E-state index < -0.39 is 0 Å². The molecule has 136 valence electrons. The lowest BCUT2D eigenvalue weighted by Crippen LogP contribution is -2.22. The molecular formula is C20H16ClN3O3. The Morgan fingerprint density at radius 2 is 1.96 bits per heavy atom. The average molecular weight is 382 g/mol. The van der Waals surface area contributed by atoms with Crippen LogP contribution in [-0.4, -0.2) is 17.7 Å². The summed E-state index contributed by atoms with van der Waals surface area (Å²) in [5.41, 5.74) is 2.24. The summed E-state index contributed by atoms with van der Waals surface area (Å²) in [5, 5.41) is 6.65. The highest BCUT2D eigenvalue weighted by Gasteiger charge is 2.13. The van der Waals surface area contributed by atoms with Gasteiger partial charge in [0, 0.05) is 23.5 Å². The van der Waals surface area contributed by atoms with Gasteiger partial charge in [-0.1, -0.05) is 23.7 Å². The fourth-order valence-electron chi connectivity index (χ4n) is 2.65. The molecule has 2 aromatic carbocycles. The topological polar surface area (TPSA) is 72.5 Å². The van der Waals surface area contributed by atoms with E-state index in [0.29, 0.717) is 28.7 Å². The number of hydrogen-bond acceptors (Lipinski definition) is 5. The molecule has 1 aliphatic heterocycles. The van der Waals surface area contributed by atoms with Crippen molar-refractivity contribution in [1.82, 2.24) is 10.3 Å². The van der Waals surface area contributed by atoms with E-state index in [2.05, 4.69) is 15.6 Å². The molecule has 0 bridgehead atoms. The van der Waals surface area contributed by atoms with Gasteiger partial charge in [-0.3, -0.25) is 4.79 Å². The second-order valence-corrected chi connectivity index (χ2v) is 6.37. The first-order chi connectivity index (χ1) is 13.2. The fourth-order valence-corrected chi connectivity index (χ4v) is 2.84. The van der Waals surface area contributed by atoms with E-state index in [0.717, 1.165) is 17.0 Å². The van der Waals surface area contributed by atoms with Crippen molar-refractivity contribution in [2.24, 2.45) is 0 Å². The quantitative estimate of drug-likeness (QED) is 0.695. The van der Waals surface area contributed by atoms with Crippen LogP contribution in [0.5, 0.6) is 11.5 Å². The molecule has 1 aromatic heterocycles. The summed E-state index contributed by atoms with van der Waals surface area (Å²) in [7, 11) is 0. The normalized spacial score (nSPS) is 11.9. The van der Waals surface area contributed by atoms with Gasteiger partial charge in [0.2, 0.25) is 6.79 Å². The van der Waals surface area contributed by atoms with Crippen LogP contribution in [0.1, 0.15) is 15.9 Å². The van der Waals surface area contributed by atoms with Crippen LogP contribution in [0.4, 0.5) is 11.5 Å². The van der Waals surface area contributed by atoms with E-state index >= 15 is 0 Å². The maximum atomic E-state index is 12.3. The third-order valence-electron chi connectivity index (χ3n) is 4.01. The Kier molecular flexibility index (Phi) is 4.80. The van der Waals surface area contributed by atoms with Crippen molar-refractivity contribution >= 4 is 29.0 Å². The fraction of sp³-hybridized carbons (Fsp3) is 0.100. The monoisotopic (exact) mass is 381 g/mol. The predicted molar refractivity (Wildman–Crippen MR) is 103 cm³/mol. The van der Waals surface area contributed by atoms with Crippen molar-refractivity contribution < 1.29 is 14.3 Å². The standard InChI is InChI=1S/C20H16ClN3O3/c21-15-2-1-3-16(9-15)24-19-7-5-14(11-22-19)20(25)23-10-13-4-6-17-18(8-13)27-12-26-17/h1-9,11H,10,12H2,(H,22,24)(H,23,25). The van der Waals surface area contributed by atoms with Gasteiger partial charge < -0.3 is 20.1 Å². The van der Waals surface area contributed by atoms with Crippen LogP contribution in [0.15, 0.2) is 60.8 Å². The van der Waals surface area contributed by atoms with Crippen molar-refractivity contribution in [3.05, 3.63) is 76.9 Å². The van der Waals surface area contributed by atoms with Gasteiger partial charge in [-0.2, -0.15) is 0 Å². The van der Waals surface area contributed by atoms with Gasteiger partial charge in [0.05, 0.1) is 5.56 Å². The highest BCUT2D eigenvalue weighted by atomic mass is 35.5. The molecule has 2 heterocycles. The first kappa shape index (κ1) is 17.2. The first-order valence-electron chi connectivity index (χ1n) is 8.33. The van der Waals surface area contributed by atoms with E-state index in [1.807, 2.05) is 30.3 Å². The van der Waals surface area contributed by atoms with Gasteiger partial charge in [-0.05, 0) is 48.0 Å². The molecule has 0 unspecified atom stereocenters. The summed E-state index contributed by atoms with van der Waals surface area (Å²) in [6, 6.07) is 16.4. The van der Waals surface area contributed by atoms with E-state index in [1.165, 1.54) is 6.20 Å². The predicted octanol–water partition coefficient (Wildman–Crippen LogP) is 4.14. The van der Waals surface area contributed by atoms with Crippen LogP contribution in [0.2, 0.25) is 5.02 Å². The van der Waals surface area contributed by atoms with Crippen molar-refractivity contribution in [2.45, 2.75) is 6.54 Å². The number of fused-ring (bicyclic) bond motifs is 1. The molecule has 0 radical (unpaired) electrons. The number of halogens is 1. The van der Waals surface area contributed by atoms with Gasteiger partial charge in [-0.25, -0.2) is 4.98 Å². The Labute approximate surface area is 161 Å². The number of pyridine rings is 1. The summed E-state index contributed by atoms with van der Waals surface area (Å²) in [6.07, 6.45) is 1.53. The summed E-state index contributed by atoms with van der Waals surface area (Å²) in [5.74, 6) is 1.84. The number of amides is 1. The molecule has 0 fully saturated rings. The number of hydrogen-bond donors (Lipinski definition) is 2. The van der Waals surface area contributed by atoms with Crippen LogP contribution in [-0.2, 0) is 6.54 Å². The zero-order chi connectivity index (χ0) is 18.6. The molecule has 27 heavy (non-hydrogen) atoms. The average Bonchev–Trinajstić information content (AvgIpc) is 3.14. The molecule has 3 aromatic rings. The molecule has 0 saturated heterocycles. The lowest BCUT2D eigenvalue weighted by molar-refractivity contribution is 0.0950. The Bertz CT molecular complexity index is 976. The Morgan fingerprint density at radius 3 is 2.78 bits per heavy atom. The highest BCUT2D eigenvalue weighted by molar-refractivity contribution is 6.30. The van der Waals surface area contributed by atoms with Crippen molar-refractivity contribution in [3.8, 4) is 11.5 Å². The van der Waals surface area contributed by atoms with E-state index in [4.69, 9.17) is 21.1 Å². The molecule has 0 aliphatic carbocycles. The molecule has 0 saturated carbocycles. The number of aromatic nitrogens is 1. The maximum absolute atomic E-state index is 12.3.